The number of carboxylic acid groups (broad SMARTS) is 1. The van der Waals surface area contributed by atoms with Crippen molar-refractivity contribution >= 4 is 11.8 Å². The summed E-state index contributed by atoms with van der Waals surface area (Å²) in [6, 6.07) is 7.62. The molecule has 0 saturated carbocycles. The van der Waals surface area contributed by atoms with E-state index in [9.17, 15) is 9.59 Å². The van der Waals surface area contributed by atoms with E-state index in [0.29, 0.717) is 30.5 Å². The quantitative estimate of drug-likeness (QED) is 0.470. The second kappa shape index (κ2) is 8.04. The van der Waals surface area contributed by atoms with Gasteiger partial charge in [-0.05, 0) is 31.5 Å². The average Bonchev–Trinajstić information content (AvgIpc) is 2.46. The zero-order valence-corrected chi connectivity index (χ0v) is 11.0. The molecule has 1 rings (SSSR count). The molecule has 0 amide bonds. The number of carbonyl (C=O) groups excluding carboxylic acids is 1. The summed E-state index contributed by atoms with van der Waals surface area (Å²) in [7, 11) is 0. The van der Waals surface area contributed by atoms with E-state index in [-0.39, 0.29) is 12.3 Å². The van der Waals surface area contributed by atoms with Crippen molar-refractivity contribution in [1.29, 1.82) is 5.26 Å². The number of ketones is 1. The molecule has 0 spiro atoms. The van der Waals surface area contributed by atoms with E-state index in [2.05, 4.69) is 5.32 Å². The number of nitrogens with one attached hydrogen (secondary N) is 1. The molecular weight excluding hydrogens is 258 g/mol. The number of nitrogens with two attached hydrogens (primary N) is 1. The van der Waals surface area contributed by atoms with E-state index in [1.54, 1.807) is 24.3 Å². The Morgan fingerprint density at radius 3 is 2.85 bits per heavy atom. The van der Waals surface area contributed by atoms with E-state index in [1.807, 2.05) is 6.07 Å². The number of carboxylic acids is 1. The molecule has 4 N–H and O–H groups in total. The van der Waals surface area contributed by atoms with Gasteiger partial charge in [0.05, 0.1) is 18.2 Å². The molecule has 0 aliphatic heterocycles. The van der Waals surface area contributed by atoms with Gasteiger partial charge in [-0.3, -0.25) is 9.59 Å². The predicted molar refractivity (Wildman–Crippen MR) is 73.2 cm³/mol. The highest BCUT2D eigenvalue weighted by Crippen LogP contribution is 2.04. The molecule has 0 radical (unpaired) electrons. The SMILES string of the molecule is N#Cc1cccc(C(=O)CNCCCC(N)C(=O)O)c1. The maximum absolute atomic E-state index is 11.8. The summed E-state index contributed by atoms with van der Waals surface area (Å²) in [5.41, 5.74) is 6.29. The number of aliphatic carboxylic acids is 1. The Morgan fingerprint density at radius 2 is 2.20 bits per heavy atom. The third kappa shape index (κ3) is 5.18. The summed E-state index contributed by atoms with van der Waals surface area (Å²) in [5.74, 6) is -1.13. The van der Waals surface area contributed by atoms with Gasteiger partial charge in [-0.25, -0.2) is 0 Å². The topological polar surface area (TPSA) is 116 Å². The fraction of sp³-hybridized carbons (Fsp3) is 0.357. The van der Waals surface area contributed by atoms with Gasteiger partial charge in [-0.2, -0.15) is 5.26 Å². The molecule has 1 aromatic rings. The first-order chi connectivity index (χ1) is 9.54. The summed E-state index contributed by atoms with van der Waals surface area (Å²) in [5, 5.41) is 20.3. The van der Waals surface area contributed by atoms with Gasteiger partial charge < -0.3 is 16.2 Å². The number of nitrogens with zero attached hydrogens (tertiary/aromatic N) is 1. The van der Waals surface area contributed by atoms with Gasteiger partial charge in [0.1, 0.15) is 6.04 Å². The molecule has 1 unspecified atom stereocenters. The van der Waals surface area contributed by atoms with Gasteiger partial charge in [0, 0.05) is 5.56 Å². The van der Waals surface area contributed by atoms with Crippen LogP contribution in [0.5, 0.6) is 0 Å². The normalized spacial score (nSPS) is 11.6. The first-order valence-corrected chi connectivity index (χ1v) is 6.27. The van der Waals surface area contributed by atoms with Crippen LogP contribution in [0.2, 0.25) is 0 Å². The number of hydrogen-bond donors (Lipinski definition) is 3. The summed E-state index contributed by atoms with van der Waals surface area (Å²) in [6.45, 7) is 0.669. The van der Waals surface area contributed by atoms with Gasteiger partial charge >= 0.3 is 5.97 Å². The molecule has 0 saturated heterocycles. The van der Waals surface area contributed by atoms with Crippen molar-refractivity contribution in [1.82, 2.24) is 5.32 Å². The first kappa shape index (κ1) is 15.8. The van der Waals surface area contributed by atoms with Crippen LogP contribution in [-0.4, -0.2) is 36.0 Å². The first-order valence-electron chi connectivity index (χ1n) is 6.27. The number of carbonyl (C=O) groups is 2. The van der Waals surface area contributed by atoms with Crippen LogP contribution in [0.3, 0.4) is 0 Å². The van der Waals surface area contributed by atoms with E-state index in [4.69, 9.17) is 16.1 Å². The minimum Gasteiger partial charge on any atom is -0.480 e. The Hall–Kier alpha value is -2.23. The van der Waals surface area contributed by atoms with E-state index < -0.39 is 12.0 Å². The molecule has 106 valence electrons. The van der Waals surface area contributed by atoms with Crippen molar-refractivity contribution in [3.8, 4) is 6.07 Å². The molecule has 0 bridgehead atoms. The molecule has 0 fully saturated rings. The van der Waals surface area contributed by atoms with E-state index >= 15 is 0 Å². The second-order valence-electron chi connectivity index (χ2n) is 4.38. The molecule has 0 heterocycles. The highest BCUT2D eigenvalue weighted by molar-refractivity contribution is 5.97. The molecule has 0 aliphatic rings. The van der Waals surface area contributed by atoms with Crippen LogP contribution in [0.15, 0.2) is 24.3 Å². The largest absolute Gasteiger partial charge is 0.480 e. The lowest BCUT2D eigenvalue weighted by Gasteiger charge is -2.07. The Balaban J connectivity index is 2.30. The zero-order chi connectivity index (χ0) is 15.0. The van der Waals surface area contributed by atoms with Gasteiger partial charge in [0.15, 0.2) is 5.78 Å². The highest BCUT2D eigenvalue weighted by atomic mass is 16.4. The highest BCUT2D eigenvalue weighted by Gasteiger charge is 2.10. The maximum atomic E-state index is 11.8. The lowest BCUT2D eigenvalue weighted by atomic mass is 10.1. The fourth-order valence-electron chi connectivity index (χ4n) is 1.64. The lowest BCUT2D eigenvalue weighted by Crippen LogP contribution is -2.31. The summed E-state index contributed by atoms with van der Waals surface area (Å²) < 4.78 is 0. The average molecular weight is 275 g/mol. The van der Waals surface area contributed by atoms with E-state index in [1.165, 1.54) is 0 Å². The molecule has 6 nitrogen and oxygen atoms in total. The van der Waals surface area contributed by atoms with Crippen molar-refractivity contribution in [3.05, 3.63) is 35.4 Å². The minimum atomic E-state index is -1.02. The number of nitriles is 1. The van der Waals surface area contributed by atoms with E-state index in [0.717, 1.165) is 0 Å². The van der Waals surface area contributed by atoms with Crippen LogP contribution >= 0.6 is 0 Å². The zero-order valence-electron chi connectivity index (χ0n) is 11.0. The lowest BCUT2D eigenvalue weighted by molar-refractivity contribution is -0.138. The standard InChI is InChI=1S/C14H17N3O3/c15-8-10-3-1-4-11(7-10)13(18)9-17-6-2-5-12(16)14(19)20/h1,3-4,7,12,17H,2,5-6,9,16H2,(H,19,20). The van der Waals surface area contributed by atoms with Crippen LogP contribution < -0.4 is 11.1 Å². The fourth-order valence-corrected chi connectivity index (χ4v) is 1.64. The van der Waals surface area contributed by atoms with Crippen LogP contribution in [0.1, 0.15) is 28.8 Å². The number of hydrogen-bond acceptors (Lipinski definition) is 5. The Morgan fingerprint density at radius 1 is 1.45 bits per heavy atom. The summed E-state index contributed by atoms with van der Waals surface area (Å²) >= 11 is 0. The maximum Gasteiger partial charge on any atom is 0.320 e. The molecule has 20 heavy (non-hydrogen) atoms. The Kier molecular flexibility index (Phi) is 6.37. The van der Waals surface area contributed by atoms with Crippen molar-refractivity contribution in [2.24, 2.45) is 5.73 Å². The molecule has 0 aliphatic carbocycles. The number of benzene rings is 1. The van der Waals surface area contributed by atoms with Gasteiger partial charge in [0.25, 0.3) is 0 Å². The smallest absolute Gasteiger partial charge is 0.320 e. The Bertz CT molecular complexity index is 523. The van der Waals surface area contributed by atoms with Gasteiger partial charge in [0.2, 0.25) is 0 Å². The predicted octanol–water partition coefficient (Wildman–Crippen LogP) is 0.523. The van der Waals surface area contributed by atoms with Crippen molar-refractivity contribution < 1.29 is 14.7 Å². The summed E-state index contributed by atoms with van der Waals surface area (Å²) in [4.78, 5) is 22.3. The molecule has 1 aromatic carbocycles. The molecular formula is C14H17N3O3. The Labute approximate surface area is 117 Å². The van der Waals surface area contributed by atoms with Gasteiger partial charge in [-0.15, -0.1) is 0 Å². The summed E-state index contributed by atoms with van der Waals surface area (Å²) in [6.07, 6.45) is 0.944. The van der Waals surface area contributed by atoms with Crippen molar-refractivity contribution in [3.63, 3.8) is 0 Å². The van der Waals surface area contributed by atoms with Crippen molar-refractivity contribution in [2.75, 3.05) is 13.1 Å². The molecule has 1 atom stereocenters. The molecule has 6 heteroatoms. The van der Waals surface area contributed by atoms with Crippen LogP contribution in [0.4, 0.5) is 0 Å². The second-order valence-corrected chi connectivity index (χ2v) is 4.38. The van der Waals surface area contributed by atoms with Crippen LogP contribution in [0.25, 0.3) is 0 Å². The third-order valence-corrected chi connectivity index (χ3v) is 2.79. The number of rotatable bonds is 8. The number of Topliss-reactive ketones (excluding diaryl/α,β-unsaturated/α-hetero) is 1. The third-order valence-electron chi connectivity index (χ3n) is 2.79. The van der Waals surface area contributed by atoms with Crippen LogP contribution in [0, 0.1) is 11.3 Å². The van der Waals surface area contributed by atoms with Gasteiger partial charge in [-0.1, -0.05) is 12.1 Å². The minimum absolute atomic E-state index is 0.107. The van der Waals surface area contributed by atoms with Crippen LogP contribution in [-0.2, 0) is 4.79 Å². The molecule has 0 aromatic heterocycles. The monoisotopic (exact) mass is 275 g/mol. The van der Waals surface area contributed by atoms with Crippen molar-refractivity contribution in [2.45, 2.75) is 18.9 Å².